The summed E-state index contributed by atoms with van der Waals surface area (Å²) in [6.07, 6.45) is 4.98. The van der Waals surface area contributed by atoms with Gasteiger partial charge in [0.25, 0.3) is 0 Å². The van der Waals surface area contributed by atoms with Crippen molar-refractivity contribution in [1.29, 1.82) is 0 Å². The van der Waals surface area contributed by atoms with Gasteiger partial charge in [-0.3, -0.25) is 9.59 Å². The maximum absolute atomic E-state index is 11.8. The molecule has 4 heteroatoms. The molecule has 1 rings (SSSR count). The molecule has 0 bridgehead atoms. The molecule has 0 aromatic heterocycles. The number of aliphatic carboxylic acids is 1. The Labute approximate surface area is 103 Å². The predicted octanol–water partition coefficient (Wildman–Crippen LogP) is 2.18. The molecular formula is C13H23NO3. The van der Waals surface area contributed by atoms with Crippen LogP contribution < -0.4 is 5.32 Å². The first kappa shape index (κ1) is 14.0. The summed E-state index contributed by atoms with van der Waals surface area (Å²) in [6, 6.07) is 0. The van der Waals surface area contributed by atoms with Gasteiger partial charge < -0.3 is 10.4 Å². The van der Waals surface area contributed by atoms with E-state index in [1.165, 1.54) is 0 Å². The molecule has 0 heterocycles. The zero-order valence-corrected chi connectivity index (χ0v) is 10.8. The Kier molecular flexibility index (Phi) is 4.97. The molecule has 1 aliphatic rings. The van der Waals surface area contributed by atoms with Crippen molar-refractivity contribution >= 4 is 11.9 Å². The first-order valence-corrected chi connectivity index (χ1v) is 6.51. The first-order chi connectivity index (χ1) is 7.99. The molecule has 17 heavy (non-hydrogen) atoms. The lowest BCUT2D eigenvalue weighted by molar-refractivity contribution is -0.162. The van der Waals surface area contributed by atoms with E-state index in [2.05, 4.69) is 19.2 Å². The SMILES string of the molecule is CC(C)CCCCNC(=O)C1(C(=O)O)CCC1. The van der Waals surface area contributed by atoms with Crippen molar-refractivity contribution in [3.63, 3.8) is 0 Å². The molecule has 1 saturated carbocycles. The minimum atomic E-state index is -1.11. The molecule has 0 saturated heterocycles. The molecular weight excluding hydrogens is 218 g/mol. The summed E-state index contributed by atoms with van der Waals surface area (Å²) in [7, 11) is 0. The zero-order chi connectivity index (χ0) is 12.9. The second-order valence-electron chi connectivity index (χ2n) is 5.39. The highest BCUT2D eigenvalue weighted by molar-refractivity contribution is 6.02. The van der Waals surface area contributed by atoms with Gasteiger partial charge in [-0.25, -0.2) is 0 Å². The number of carbonyl (C=O) groups excluding carboxylic acids is 1. The van der Waals surface area contributed by atoms with Crippen LogP contribution in [0.15, 0.2) is 0 Å². The fraction of sp³-hybridized carbons (Fsp3) is 0.846. The smallest absolute Gasteiger partial charge is 0.319 e. The fourth-order valence-electron chi connectivity index (χ4n) is 2.12. The van der Waals surface area contributed by atoms with Gasteiger partial charge in [0.15, 0.2) is 0 Å². The molecule has 1 amide bonds. The summed E-state index contributed by atoms with van der Waals surface area (Å²) in [5, 5.41) is 11.8. The molecule has 0 aromatic rings. The number of hydrogen-bond acceptors (Lipinski definition) is 2. The molecule has 2 N–H and O–H groups in total. The zero-order valence-electron chi connectivity index (χ0n) is 10.8. The number of hydrogen-bond donors (Lipinski definition) is 2. The van der Waals surface area contributed by atoms with Crippen LogP contribution in [0.2, 0.25) is 0 Å². The van der Waals surface area contributed by atoms with Crippen molar-refractivity contribution in [2.45, 2.75) is 52.4 Å². The Morgan fingerprint density at radius 1 is 1.29 bits per heavy atom. The van der Waals surface area contributed by atoms with Crippen LogP contribution in [-0.4, -0.2) is 23.5 Å². The van der Waals surface area contributed by atoms with Crippen LogP contribution in [0, 0.1) is 11.3 Å². The summed E-state index contributed by atoms with van der Waals surface area (Å²) in [4.78, 5) is 22.9. The van der Waals surface area contributed by atoms with Crippen LogP contribution in [0.4, 0.5) is 0 Å². The lowest BCUT2D eigenvalue weighted by Crippen LogP contribution is -2.51. The molecule has 0 spiro atoms. The monoisotopic (exact) mass is 241 g/mol. The average molecular weight is 241 g/mol. The lowest BCUT2D eigenvalue weighted by Gasteiger charge is -2.35. The van der Waals surface area contributed by atoms with Crippen molar-refractivity contribution < 1.29 is 14.7 Å². The summed E-state index contributed by atoms with van der Waals surface area (Å²) in [5.41, 5.74) is -1.11. The second-order valence-corrected chi connectivity index (χ2v) is 5.39. The van der Waals surface area contributed by atoms with Crippen molar-refractivity contribution in [1.82, 2.24) is 5.32 Å². The topological polar surface area (TPSA) is 66.4 Å². The van der Waals surface area contributed by atoms with Crippen molar-refractivity contribution in [2.75, 3.05) is 6.54 Å². The van der Waals surface area contributed by atoms with Crippen LogP contribution in [-0.2, 0) is 9.59 Å². The van der Waals surface area contributed by atoms with E-state index in [1.54, 1.807) is 0 Å². The van der Waals surface area contributed by atoms with Crippen LogP contribution in [0.5, 0.6) is 0 Å². The van der Waals surface area contributed by atoms with E-state index in [0.717, 1.165) is 25.7 Å². The van der Waals surface area contributed by atoms with E-state index < -0.39 is 11.4 Å². The number of rotatable bonds is 7. The first-order valence-electron chi connectivity index (χ1n) is 6.51. The van der Waals surface area contributed by atoms with Gasteiger partial charge in [0.1, 0.15) is 5.41 Å². The average Bonchev–Trinajstić information content (AvgIpc) is 2.14. The lowest BCUT2D eigenvalue weighted by atomic mass is 9.68. The summed E-state index contributed by atoms with van der Waals surface area (Å²) in [6.45, 7) is 4.94. The van der Waals surface area contributed by atoms with E-state index in [9.17, 15) is 9.59 Å². The highest BCUT2D eigenvalue weighted by atomic mass is 16.4. The molecule has 0 atom stereocenters. The Morgan fingerprint density at radius 2 is 1.94 bits per heavy atom. The number of unbranched alkanes of at least 4 members (excludes halogenated alkanes) is 1. The second kappa shape index (κ2) is 6.03. The number of carboxylic acids is 1. The quantitative estimate of drug-likeness (QED) is 0.530. The minimum Gasteiger partial charge on any atom is -0.480 e. The number of carboxylic acid groups (broad SMARTS) is 1. The van der Waals surface area contributed by atoms with E-state index in [4.69, 9.17) is 5.11 Å². The number of nitrogens with one attached hydrogen (secondary N) is 1. The summed E-state index contributed by atoms with van der Waals surface area (Å²) in [5.74, 6) is -0.577. The third kappa shape index (κ3) is 3.45. The molecule has 0 aliphatic heterocycles. The number of carbonyl (C=O) groups is 2. The Balaban J connectivity index is 2.23. The maximum Gasteiger partial charge on any atom is 0.319 e. The molecule has 0 aromatic carbocycles. The number of amides is 1. The van der Waals surface area contributed by atoms with Gasteiger partial charge in [0.05, 0.1) is 0 Å². The highest BCUT2D eigenvalue weighted by Gasteiger charge is 2.50. The van der Waals surface area contributed by atoms with Crippen LogP contribution in [0.3, 0.4) is 0 Å². The Bertz CT molecular complexity index is 282. The predicted molar refractivity (Wildman–Crippen MR) is 65.6 cm³/mol. The van der Waals surface area contributed by atoms with Gasteiger partial charge in [0.2, 0.25) is 5.91 Å². The van der Waals surface area contributed by atoms with Crippen molar-refractivity contribution in [3.8, 4) is 0 Å². The standard InChI is InChI=1S/C13H23NO3/c1-10(2)6-3-4-9-14-11(15)13(12(16)17)7-5-8-13/h10H,3-9H2,1-2H3,(H,14,15)(H,16,17). The van der Waals surface area contributed by atoms with E-state index in [0.29, 0.717) is 25.3 Å². The minimum absolute atomic E-state index is 0.291. The third-order valence-corrected chi connectivity index (χ3v) is 3.54. The van der Waals surface area contributed by atoms with E-state index in [-0.39, 0.29) is 5.91 Å². The third-order valence-electron chi connectivity index (χ3n) is 3.54. The van der Waals surface area contributed by atoms with Crippen LogP contribution in [0.1, 0.15) is 52.4 Å². The molecule has 4 nitrogen and oxygen atoms in total. The van der Waals surface area contributed by atoms with E-state index >= 15 is 0 Å². The molecule has 98 valence electrons. The molecule has 1 aliphatic carbocycles. The van der Waals surface area contributed by atoms with Gasteiger partial charge in [-0.1, -0.05) is 33.1 Å². The van der Waals surface area contributed by atoms with E-state index in [1.807, 2.05) is 0 Å². The summed E-state index contributed by atoms with van der Waals surface area (Å²) < 4.78 is 0. The molecule has 0 radical (unpaired) electrons. The van der Waals surface area contributed by atoms with Crippen LogP contribution >= 0.6 is 0 Å². The van der Waals surface area contributed by atoms with Gasteiger partial charge in [-0.2, -0.15) is 0 Å². The molecule has 1 fully saturated rings. The van der Waals surface area contributed by atoms with Crippen molar-refractivity contribution in [3.05, 3.63) is 0 Å². The van der Waals surface area contributed by atoms with Gasteiger partial charge >= 0.3 is 5.97 Å². The maximum atomic E-state index is 11.8. The summed E-state index contributed by atoms with van der Waals surface area (Å²) >= 11 is 0. The van der Waals surface area contributed by atoms with Crippen LogP contribution in [0.25, 0.3) is 0 Å². The van der Waals surface area contributed by atoms with Gasteiger partial charge in [-0.15, -0.1) is 0 Å². The highest BCUT2D eigenvalue weighted by Crippen LogP contribution is 2.41. The van der Waals surface area contributed by atoms with Gasteiger partial charge in [0, 0.05) is 6.54 Å². The molecule has 0 unspecified atom stereocenters. The normalized spacial score (nSPS) is 17.6. The Hall–Kier alpha value is -1.06. The van der Waals surface area contributed by atoms with Crippen molar-refractivity contribution in [2.24, 2.45) is 11.3 Å². The Morgan fingerprint density at radius 3 is 2.35 bits per heavy atom. The van der Waals surface area contributed by atoms with Gasteiger partial charge in [-0.05, 0) is 25.2 Å². The largest absolute Gasteiger partial charge is 0.480 e. The fourth-order valence-corrected chi connectivity index (χ4v) is 2.12.